The molecule has 3 aromatic rings. The lowest BCUT2D eigenvalue weighted by Crippen LogP contribution is -2.55. The predicted molar refractivity (Wildman–Crippen MR) is 123 cm³/mol. The molecule has 0 aliphatic carbocycles. The van der Waals surface area contributed by atoms with Crippen molar-refractivity contribution >= 4 is 16.9 Å². The molecule has 34 heavy (non-hydrogen) atoms. The molecule has 1 N–H and O–H groups in total. The van der Waals surface area contributed by atoms with Gasteiger partial charge in [-0.25, -0.2) is 4.79 Å². The van der Waals surface area contributed by atoms with Gasteiger partial charge in [-0.1, -0.05) is 6.07 Å². The van der Waals surface area contributed by atoms with Gasteiger partial charge >= 0.3 is 12.2 Å². The van der Waals surface area contributed by atoms with Crippen molar-refractivity contribution in [1.29, 1.82) is 0 Å². The molecule has 9 heteroatoms. The van der Waals surface area contributed by atoms with E-state index in [1.54, 1.807) is 12.0 Å². The fourth-order valence-electron chi connectivity index (χ4n) is 4.10. The highest BCUT2D eigenvalue weighted by Crippen LogP contribution is 2.30. The third kappa shape index (κ3) is 5.47. The summed E-state index contributed by atoms with van der Waals surface area (Å²) in [4.78, 5) is 14.1. The SMILES string of the molecule is COCCc1cc2cc(CNC(=O)N3CC(COc4ccc(C(F)(F)F)cc4)C3)ccc2n1C. The van der Waals surface area contributed by atoms with Crippen LogP contribution in [-0.4, -0.2) is 48.9 Å². The number of carbonyl (C=O) groups excluding carboxylic acids is 1. The van der Waals surface area contributed by atoms with Gasteiger partial charge in [-0.15, -0.1) is 0 Å². The monoisotopic (exact) mass is 475 g/mol. The lowest BCUT2D eigenvalue weighted by Gasteiger charge is -2.38. The van der Waals surface area contributed by atoms with Crippen LogP contribution < -0.4 is 10.1 Å². The molecule has 6 nitrogen and oxygen atoms in total. The van der Waals surface area contributed by atoms with Crippen LogP contribution in [0, 0.1) is 5.92 Å². The van der Waals surface area contributed by atoms with Crippen molar-refractivity contribution < 1.29 is 27.4 Å². The van der Waals surface area contributed by atoms with Crippen molar-refractivity contribution in [3.63, 3.8) is 0 Å². The Bertz CT molecular complexity index is 1140. The Balaban J connectivity index is 1.21. The summed E-state index contributed by atoms with van der Waals surface area (Å²) >= 11 is 0. The van der Waals surface area contributed by atoms with E-state index in [0.717, 1.165) is 35.0 Å². The van der Waals surface area contributed by atoms with Gasteiger partial charge in [-0.05, 0) is 48.0 Å². The minimum Gasteiger partial charge on any atom is -0.493 e. The van der Waals surface area contributed by atoms with Crippen LogP contribution in [0.15, 0.2) is 48.5 Å². The predicted octanol–water partition coefficient (Wildman–Crippen LogP) is 4.61. The lowest BCUT2D eigenvalue weighted by molar-refractivity contribution is -0.137. The summed E-state index contributed by atoms with van der Waals surface area (Å²) in [6.45, 7) is 2.55. The number of urea groups is 1. The minimum absolute atomic E-state index is 0.139. The molecule has 0 bridgehead atoms. The van der Waals surface area contributed by atoms with Crippen LogP contribution in [0.3, 0.4) is 0 Å². The molecule has 182 valence electrons. The van der Waals surface area contributed by atoms with Crippen LogP contribution in [0.4, 0.5) is 18.0 Å². The van der Waals surface area contributed by atoms with E-state index in [4.69, 9.17) is 9.47 Å². The van der Waals surface area contributed by atoms with Gasteiger partial charge in [0.15, 0.2) is 0 Å². The molecule has 4 rings (SSSR count). The average molecular weight is 476 g/mol. The zero-order valence-electron chi connectivity index (χ0n) is 19.2. The number of hydrogen-bond acceptors (Lipinski definition) is 3. The Morgan fingerprint density at radius 2 is 1.85 bits per heavy atom. The Hall–Kier alpha value is -3.20. The van der Waals surface area contributed by atoms with E-state index in [0.29, 0.717) is 38.6 Å². The maximum atomic E-state index is 12.6. The number of halogens is 3. The number of benzene rings is 2. The van der Waals surface area contributed by atoms with Gasteiger partial charge in [0.1, 0.15) is 5.75 Å². The molecule has 0 spiro atoms. The molecule has 0 unspecified atom stereocenters. The van der Waals surface area contributed by atoms with Gasteiger partial charge in [0.25, 0.3) is 0 Å². The van der Waals surface area contributed by atoms with Gasteiger partial charge in [0.05, 0.1) is 18.8 Å². The summed E-state index contributed by atoms with van der Waals surface area (Å²) in [5.74, 6) is 0.539. The van der Waals surface area contributed by atoms with Crippen LogP contribution in [0.25, 0.3) is 10.9 Å². The number of aryl methyl sites for hydroxylation is 1. The zero-order chi connectivity index (χ0) is 24.3. The highest BCUT2D eigenvalue weighted by molar-refractivity contribution is 5.82. The van der Waals surface area contributed by atoms with Gasteiger partial charge in [0.2, 0.25) is 0 Å². The molecular weight excluding hydrogens is 447 g/mol. The molecule has 1 fully saturated rings. The van der Waals surface area contributed by atoms with E-state index >= 15 is 0 Å². The van der Waals surface area contributed by atoms with E-state index in [1.807, 2.05) is 13.1 Å². The van der Waals surface area contributed by atoms with Crippen molar-refractivity contribution in [2.45, 2.75) is 19.1 Å². The van der Waals surface area contributed by atoms with Crippen LogP contribution >= 0.6 is 0 Å². The molecule has 0 radical (unpaired) electrons. The summed E-state index contributed by atoms with van der Waals surface area (Å²) in [6, 6.07) is 12.8. The van der Waals surface area contributed by atoms with Gasteiger partial charge in [-0.3, -0.25) is 0 Å². The van der Waals surface area contributed by atoms with E-state index in [1.165, 1.54) is 17.8 Å². The first-order valence-corrected chi connectivity index (χ1v) is 11.1. The van der Waals surface area contributed by atoms with Crippen molar-refractivity contribution in [2.75, 3.05) is 33.4 Å². The topological polar surface area (TPSA) is 55.7 Å². The Morgan fingerprint density at radius 3 is 2.53 bits per heavy atom. The van der Waals surface area contributed by atoms with E-state index in [-0.39, 0.29) is 11.9 Å². The average Bonchev–Trinajstić information content (AvgIpc) is 3.09. The van der Waals surface area contributed by atoms with Crippen molar-refractivity contribution in [2.24, 2.45) is 13.0 Å². The highest BCUT2D eigenvalue weighted by Gasteiger charge is 2.32. The van der Waals surface area contributed by atoms with Crippen LogP contribution in [0.1, 0.15) is 16.8 Å². The van der Waals surface area contributed by atoms with Crippen LogP contribution in [0.2, 0.25) is 0 Å². The molecule has 2 amide bonds. The van der Waals surface area contributed by atoms with Crippen LogP contribution in [-0.2, 0) is 30.9 Å². The van der Waals surface area contributed by atoms with Gasteiger partial charge in [-0.2, -0.15) is 13.2 Å². The largest absolute Gasteiger partial charge is 0.493 e. The number of carbonyl (C=O) groups is 1. The maximum Gasteiger partial charge on any atom is 0.416 e. The molecule has 2 heterocycles. The third-order valence-electron chi connectivity index (χ3n) is 6.12. The summed E-state index contributed by atoms with van der Waals surface area (Å²) in [5.41, 5.74) is 2.65. The number of rotatable bonds is 8. The first-order valence-electron chi connectivity index (χ1n) is 11.1. The first kappa shape index (κ1) is 23.9. The molecule has 1 saturated heterocycles. The number of ether oxygens (including phenoxy) is 2. The van der Waals surface area contributed by atoms with Crippen LogP contribution in [0.5, 0.6) is 5.75 Å². The Labute approximate surface area is 196 Å². The maximum absolute atomic E-state index is 12.6. The van der Waals surface area contributed by atoms with Gasteiger partial charge < -0.3 is 24.3 Å². The standard InChI is InChI=1S/C25H28F3N3O3/c1-30-21(9-10-33-2)12-19-11-17(3-8-23(19)30)13-29-24(32)31-14-18(15-31)16-34-22-6-4-20(5-7-22)25(26,27)28/h3-8,11-12,18H,9-10,13-16H2,1-2H3,(H,29,32). The van der Waals surface area contributed by atoms with E-state index in [2.05, 4.69) is 28.1 Å². The fraction of sp³-hybridized carbons (Fsp3) is 0.400. The fourth-order valence-corrected chi connectivity index (χ4v) is 4.10. The lowest BCUT2D eigenvalue weighted by atomic mass is 10.0. The van der Waals surface area contributed by atoms with Gasteiger partial charge in [0, 0.05) is 62.7 Å². The first-order chi connectivity index (χ1) is 16.2. The number of aromatic nitrogens is 1. The van der Waals surface area contributed by atoms with Crippen molar-refractivity contribution in [3.05, 3.63) is 65.4 Å². The number of methoxy groups -OCH3 is 1. The number of nitrogens with zero attached hydrogens (tertiary/aromatic N) is 2. The summed E-state index contributed by atoms with van der Waals surface area (Å²) in [6.07, 6.45) is -3.52. The minimum atomic E-state index is -4.36. The van der Waals surface area contributed by atoms with Crippen molar-refractivity contribution in [1.82, 2.24) is 14.8 Å². The highest BCUT2D eigenvalue weighted by atomic mass is 19.4. The second kappa shape index (κ2) is 9.97. The summed E-state index contributed by atoms with van der Waals surface area (Å²) < 4.78 is 50.8. The smallest absolute Gasteiger partial charge is 0.416 e. The molecule has 0 saturated carbocycles. The summed E-state index contributed by atoms with van der Waals surface area (Å²) in [7, 11) is 3.73. The number of likely N-dealkylation sites (tertiary alicyclic amines) is 1. The normalized spacial score (nSPS) is 14.3. The van der Waals surface area contributed by atoms with E-state index in [9.17, 15) is 18.0 Å². The second-order valence-corrected chi connectivity index (χ2v) is 8.59. The molecule has 1 aromatic heterocycles. The molecule has 1 aliphatic rings. The Kier molecular flexibility index (Phi) is 7.02. The third-order valence-corrected chi connectivity index (χ3v) is 6.12. The van der Waals surface area contributed by atoms with Crippen molar-refractivity contribution in [3.8, 4) is 5.75 Å². The number of hydrogen-bond donors (Lipinski definition) is 1. The number of alkyl halides is 3. The quantitative estimate of drug-likeness (QED) is 0.518. The van der Waals surface area contributed by atoms with E-state index < -0.39 is 11.7 Å². The number of fused-ring (bicyclic) bond motifs is 1. The molecular formula is C25H28F3N3O3. The number of amides is 2. The summed E-state index contributed by atoms with van der Waals surface area (Å²) in [5, 5.41) is 4.08. The Morgan fingerprint density at radius 1 is 1.12 bits per heavy atom. The molecule has 2 aromatic carbocycles. The second-order valence-electron chi connectivity index (χ2n) is 8.59. The molecule has 0 atom stereocenters. The zero-order valence-corrected chi connectivity index (χ0v) is 19.2. The molecule has 1 aliphatic heterocycles. The number of nitrogens with one attached hydrogen (secondary N) is 1.